The normalized spacial score (nSPS) is 11.9. The molecule has 1 aromatic carbocycles. The molecule has 0 saturated heterocycles. The zero-order valence-electron chi connectivity index (χ0n) is 10.6. The van der Waals surface area contributed by atoms with Crippen LogP contribution in [0.2, 0.25) is 0 Å². The number of nitrogens with zero attached hydrogens (tertiary/aromatic N) is 1. The Bertz CT molecular complexity index is 568. The lowest BCUT2D eigenvalue weighted by atomic mass is 10.2. The van der Waals surface area contributed by atoms with Gasteiger partial charge in [-0.1, -0.05) is 15.9 Å². The van der Waals surface area contributed by atoms with Crippen LogP contribution in [0.4, 0.5) is 10.8 Å². The van der Waals surface area contributed by atoms with E-state index in [0.717, 1.165) is 15.9 Å². The number of carbonyl (C=O) groups excluding carboxylic acids is 1. The summed E-state index contributed by atoms with van der Waals surface area (Å²) >= 11 is 4.80. The van der Waals surface area contributed by atoms with Gasteiger partial charge in [-0.2, -0.15) is 0 Å². The Balaban J connectivity index is 1.94. The zero-order chi connectivity index (χ0) is 13.8. The molecule has 19 heavy (non-hydrogen) atoms. The largest absolute Gasteiger partial charge is 0.374 e. The van der Waals surface area contributed by atoms with E-state index in [2.05, 4.69) is 31.5 Å². The predicted molar refractivity (Wildman–Crippen MR) is 82.7 cm³/mol. The topological polar surface area (TPSA) is 54.0 Å². The van der Waals surface area contributed by atoms with Crippen molar-refractivity contribution < 1.29 is 4.79 Å². The average molecular weight is 340 g/mol. The number of amides is 1. The van der Waals surface area contributed by atoms with Crippen molar-refractivity contribution in [1.82, 2.24) is 4.98 Å². The maximum absolute atomic E-state index is 12.0. The van der Waals surface area contributed by atoms with E-state index in [1.165, 1.54) is 11.3 Å². The number of hydrogen-bond donors (Lipinski definition) is 2. The monoisotopic (exact) mass is 339 g/mol. The molecule has 0 fully saturated rings. The molecule has 1 aromatic heterocycles. The zero-order valence-corrected chi connectivity index (χ0v) is 13.0. The number of nitrogens with one attached hydrogen (secondary N) is 2. The fourth-order valence-corrected chi connectivity index (χ4v) is 2.44. The Hall–Kier alpha value is -1.40. The van der Waals surface area contributed by atoms with E-state index < -0.39 is 0 Å². The van der Waals surface area contributed by atoms with Gasteiger partial charge in [0.05, 0.1) is 5.69 Å². The summed E-state index contributed by atoms with van der Waals surface area (Å²) in [6, 6.07) is 7.36. The summed E-state index contributed by atoms with van der Waals surface area (Å²) in [6.45, 7) is 3.72. The number of benzene rings is 1. The molecule has 1 heterocycles. The van der Waals surface area contributed by atoms with Crippen LogP contribution in [0, 0.1) is 6.92 Å². The van der Waals surface area contributed by atoms with Crippen molar-refractivity contribution in [2.24, 2.45) is 0 Å². The minimum Gasteiger partial charge on any atom is -0.374 e. The van der Waals surface area contributed by atoms with Gasteiger partial charge in [0.1, 0.15) is 6.04 Å². The molecule has 0 aliphatic rings. The van der Waals surface area contributed by atoms with Crippen LogP contribution in [0.15, 0.2) is 34.1 Å². The van der Waals surface area contributed by atoms with Crippen LogP contribution < -0.4 is 10.6 Å². The Morgan fingerprint density at radius 3 is 2.63 bits per heavy atom. The second-order valence-corrected chi connectivity index (χ2v) is 5.93. The highest BCUT2D eigenvalue weighted by Gasteiger charge is 2.14. The summed E-state index contributed by atoms with van der Waals surface area (Å²) in [6.07, 6.45) is 0. The van der Waals surface area contributed by atoms with Crippen LogP contribution in [0.1, 0.15) is 12.6 Å². The quantitative estimate of drug-likeness (QED) is 0.893. The van der Waals surface area contributed by atoms with Crippen LogP contribution in [-0.4, -0.2) is 16.9 Å². The molecule has 0 saturated carbocycles. The second-order valence-electron chi connectivity index (χ2n) is 4.16. The molecular weight excluding hydrogens is 326 g/mol. The molecule has 2 rings (SSSR count). The fraction of sp³-hybridized carbons (Fsp3) is 0.231. The third kappa shape index (κ3) is 4.04. The van der Waals surface area contributed by atoms with Gasteiger partial charge in [0.25, 0.3) is 0 Å². The van der Waals surface area contributed by atoms with E-state index in [-0.39, 0.29) is 11.9 Å². The first-order chi connectivity index (χ1) is 9.04. The van der Waals surface area contributed by atoms with Gasteiger partial charge in [0.15, 0.2) is 5.13 Å². The standard InChI is InChI=1S/C13H14BrN3OS/c1-8-7-19-13(15-8)17-12(18)9(2)16-11-5-3-10(14)4-6-11/h3-7,9,16H,1-2H3,(H,15,17,18)/t9-/m1/s1. The Labute approximate surface area is 124 Å². The van der Waals surface area contributed by atoms with Crippen LogP contribution in [-0.2, 0) is 4.79 Å². The van der Waals surface area contributed by atoms with Crippen molar-refractivity contribution >= 4 is 44.0 Å². The van der Waals surface area contributed by atoms with Gasteiger partial charge in [-0.15, -0.1) is 11.3 Å². The molecule has 2 aromatic rings. The van der Waals surface area contributed by atoms with Gasteiger partial charge in [-0.25, -0.2) is 4.98 Å². The lowest BCUT2D eigenvalue weighted by molar-refractivity contribution is -0.116. The summed E-state index contributed by atoms with van der Waals surface area (Å²) < 4.78 is 1.01. The highest BCUT2D eigenvalue weighted by Crippen LogP contribution is 2.17. The molecular formula is C13H14BrN3OS. The van der Waals surface area contributed by atoms with Crippen LogP contribution in [0.5, 0.6) is 0 Å². The van der Waals surface area contributed by atoms with Crippen molar-refractivity contribution in [1.29, 1.82) is 0 Å². The van der Waals surface area contributed by atoms with Crippen molar-refractivity contribution in [2.45, 2.75) is 19.9 Å². The molecule has 6 heteroatoms. The molecule has 0 spiro atoms. The summed E-state index contributed by atoms with van der Waals surface area (Å²) in [5.74, 6) is -0.0998. The van der Waals surface area contributed by atoms with Crippen LogP contribution in [0.25, 0.3) is 0 Å². The molecule has 0 radical (unpaired) electrons. The molecule has 0 unspecified atom stereocenters. The number of carbonyl (C=O) groups is 1. The molecule has 4 nitrogen and oxygen atoms in total. The lowest BCUT2D eigenvalue weighted by Crippen LogP contribution is -2.31. The first-order valence-electron chi connectivity index (χ1n) is 5.79. The maximum atomic E-state index is 12.0. The second kappa shape index (κ2) is 6.16. The minimum atomic E-state index is -0.328. The molecule has 0 aliphatic carbocycles. The number of rotatable bonds is 4. The third-order valence-corrected chi connectivity index (χ3v) is 3.87. The summed E-state index contributed by atoms with van der Waals surface area (Å²) in [5, 5.41) is 8.47. The molecule has 100 valence electrons. The fourth-order valence-electron chi connectivity index (χ4n) is 1.49. The Morgan fingerprint density at radius 2 is 2.05 bits per heavy atom. The smallest absolute Gasteiger partial charge is 0.248 e. The van der Waals surface area contributed by atoms with Crippen molar-refractivity contribution in [2.75, 3.05) is 10.6 Å². The minimum absolute atomic E-state index is 0.0998. The van der Waals surface area contributed by atoms with Gasteiger partial charge >= 0.3 is 0 Å². The number of thiazole rings is 1. The molecule has 0 aliphatic heterocycles. The van der Waals surface area contributed by atoms with Gasteiger partial charge in [-0.05, 0) is 38.1 Å². The first kappa shape index (κ1) is 14.0. The van der Waals surface area contributed by atoms with Gasteiger partial charge in [0.2, 0.25) is 5.91 Å². The number of anilines is 2. The van der Waals surface area contributed by atoms with Crippen LogP contribution >= 0.6 is 27.3 Å². The molecule has 2 N–H and O–H groups in total. The average Bonchev–Trinajstić information content (AvgIpc) is 2.77. The van der Waals surface area contributed by atoms with E-state index in [1.54, 1.807) is 0 Å². The number of aryl methyl sites for hydroxylation is 1. The van der Waals surface area contributed by atoms with E-state index in [1.807, 2.05) is 43.5 Å². The summed E-state index contributed by atoms with van der Waals surface area (Å²) in [4.78, 5) is 16.2. The van der Waals surface area contributed by atoms with Gasteiger partial charge in [-0.3, -0.25) is 4.79 Å². The highest BCUT2D eigenvalue weighted by molar-refractivity contribution is 9.10. The number of aromatic nitrogens is 1. The summed E-state index contributed by atoms with van der Waals surface area (Å²) in [5.41, 5.74) is 1.81. The van der Waals surface area contributed by atoms with E-state index in [9.17, 15) is 4.79 Å². The van der Waals surface area contributed by atoms with Gasteiger partial charge in [0, 0.05) is 15.5 Å². The lowest BCUT2D eigenvalue weighted by Gasteiger charge is -2.14. The van der Waals surface area contributed by atoms with Gasteiger partial charge < -0.3 is 10.6 Å². The van der Waals surface area contributed by atoms with Crippen molar-refractivity contribution in [3.63, 3.8) is 0 Å². The first-order valence-corrected chi connectivity index (χ1v) is 7.47. The van der Waals surface area contributed by atoms with Crippen molar-refractivity contribution in [3.8, 4) is 0 Å². The molecule has 1 amide bonds. The number of hydrogen-bond acceptors (Lipinski definition) is 4. The SMILES string of the molecule is Cc1csc(NC(=O)[C@@H](C)Nc2ccc(Br)cc2)n1. The Morgan fingerprint density at radius 1 is 1.37 bits per heavy atom. The van der Waals surface area contributed by atoms with E-state index in [0.29, 0.717) is 5.13 Å². The number of halogens is 1. The van der Waals surface area contributed by atoms with E-state index in [4.69, 9.17) is 0 Å². The summed E-state index contributed by atoms with van der Waals surface area (Å²) in [7, 11) is 0. The Kier molecular flexibility index (Phi) is 4.55. The highest BCUT2D eigenvalue weighted by atomic mass is 79.9. The maximum Gasteiger partial charge on any atom is 0.248 e. The predicted octanol–water partition coefficient (Wildman–Crippen LogP) is 3.65. The molecule has 1 atom stereocenters. The van der Waals surface area contributed by atoms with Crippen molar-refractivity contribution in [3.05, 3.63) is 39.8 Å². The molecule has 0 bridgehead atoms. The third-order valence-electron chi connectivity index (χ3n) is 2.47. The van der Waals surface area contributed by atoms with E-state index >= 15 is 0 Å². The van der Waals surface area contributed by atoms with Crippen LogP contribution in [0.3, 0.4) is 0 Å².